The number of benzene rings is 2. The van der Waals surface area contributed by atoms with Gasteiger partial charge in [-0.1, -0.05) is 23.7 Å². The number of hydrogen-bond donors (Lipinski definition) is 0. The summed E-state index contributed by atoms with van der Waals surface area (Å²) in [4.78, 5) is 11.6. The molecular weight excluding hydrogens is 386 g/mol. The highest BCUT2D eigenvalue weighted by Crippen LogP contribution is 2.30. The van der Waals surface area contributed by atoms with Crippen LogP contribution in [0, 0.1) is 11.3 Å². The van der Waals surface area contributed by atoms with Crippen molar-refractivity contribution in [2.45, 2.75) is 12.7 Å². The summed E-state index contributed by atoms with van der Waals surface area (Å²) in [5, 5.41) is 25.2. The molecule has 1 aromatic heterocycles. The number of hydrogen-bond acceptors (Lipinski definition) is 6. The van der Waals surface area contributed by atoms with Gasteiger partial charge in [-0.2, -0.15) is 16.6 Å². The number of thiophene rings is 1. The Kier molecular flexibility index (Phi) is 5.97. The summed E-state index contributed by atoms with van der Waals surface area (Å²) in [5.41, 5.74) is 1.51. The van der Waals surface area contributed by atoms with Crippen molar-refractivity contribution in [2.24, 2.45) is 0 Å². The van der Waals surface area contributed by atoms with E-state index in [1.807, 2.05) is 22.9 Å². The summed E-state index contributed by atoms with van der Waals surface area (Å²) in [6, 6.07) is 14.8. The Balaban J connectivity index is 1.85. The van der Waals surface area contributed by atoms with E-state index in [4.69, 9.17) is 21.1 Å². The minimum atomic E-state index is -1.44. The molecule has 27 heavy (non-hydrogen) atoms. The molecule has 1 atom stereocenters. The first kappa shape index (κ1) is 18.8. The fourth-order valence-electron chi connectivity index (χ4n) is 2.37. The molecule has 0 spiro atoms. The molecule has 0 N–H and O–H groups in total. The van der Waals surface area contributed by atoms with Crippen LogP contribution in [0.4, 0.5) is 0 Å². The Morgan fingerprint density at radius 2 is 2.11 bits per heavy atom. The summed E-state index contributed by atoms with van der Waals surface area (Å²) in [7, 11) is 0. The Bertz CT molecular complexity index is 982. The van der Waals surface area contributed by atoms with Gasteiger partial charge in [0, 0.05) is 11.1 Å². The molecule has 1 heterocycles. The van der Waals surface area contributed by atoms with Crippen LogP contribution in [0.3, 0.4) is 0 Å². The second-order valence-corrected chi connectivity index (χ2v) is 6.78. The molecule has 7 heteroatoms. The number of halogens is 1. The maximum Gasteiger partial charge on any atom is 0.163 e. The molecule has 5 nitrogen and oxygen atoms in total. The van der Waals surface area contributed by atoms with Gasteiger partial charge in [0.05, 0.1) is 11.5 Å². The molecule has 0 saturated carbocycles. The molecule has 2 aromatic carbocycles. The number of carboxylic acid groups (broad SMARTS) is 1. The minimum Gasteiger partial charge on any atom is -0.546 e. The van der Waals surface area contributed by atoms with E-state index in [9.17, 15) is 15.2 Å². The van der Waals surface area contributed by atoms with Crippen molar-refractivity contribution in [1.29, 1.82) is 5.26 Å². The normalized spacial score (nSPS) is 11.4. The average Bonchev–Trinajstić information content (AvgIpc) is 3.18. The largest absolute Gasteiger partial charge is 0.546 e. The van der Waals surface area contributed by atoms with Crippen molar-refractivity contribution in [3.63, 3.8) is 0 Å². The highest BCUT2D eigenvalue weighted by atomic mass is 35.5. The second kappa shape index (κ2) is 8.58. The molecule has 0 bridgehead atoms. The smallest absolute Gasteiger partial charge is 0.163 e. The van der Waals surface area contributed by atoms with Crippen molar-refractivity contribution in [1.82, 2.24) is 0 Å². The third-order valence-corrected chi connectivity index (χ3v) is 4.64. The fourth-order valence-corrected chi connectivity index (χ4v) is 3.22. The van der Waals surface area contributed by atoms with E-state index in [-0.39, 0.29) is 11.3 Å². The fraction of sp³-hybridized carbons (Fsp3) is 0.100. The molecule has 0 radical (unpaired) electrons. The third-order valence-electron chi connectivity index (χ3n) is 3.67. The molecule has 3 rings (SSSR count). The lowest BCUT2D eigenvalue weighted by molar-refractivity contribution is -0.314. The molecule has 1 unspecified atom stereocenters. The van der Waals surface area contributed by atoms with Gasteiger partial charge in [-0.15, -0.1) is 0 Å². The van der Waals surface area contributed by atoms with Gasteiger partial charge in [0.25, 0.3) is 0 Å². The molecule has 3 aromatic rings. The van der Waals surface area contributed by atoms with Gasteiger partial charge >= 0.3 is 0 Å². The monoisotopic (exact) mass is 398 g/mol. The van der Waals surface area contributed by atoms with Crippen LogP contribution >= 0.6 is 22.9 Å². The van der Waals surface area contributed by atoms with Crippen molar-refractivity contribution in [2.75, 3.05) is 0 Å². The van der Waals surface area contributed by atoms with Crippen molar-refractivity contribution in [3.05, 3.63) is 81.0 Å². The third kappa shape index (κ3) is 4.79. The zero-order chi connectivity index (χ0) is 19.2. The molecule has 136 valence electrons. The van der Waals surface area contributed by atoms with E-state index in [0.29, 0.717) is 22.9 Å². The lowest BCUT2D eigenvalue weighted by atomic mass is 10.1. The number of rotatable bonds is 7. The summed E-state index contributed by atoms with van der Waals surface area (Å²) in [6.45, 7) is 0.354. The molecule has 0 fully saturated rings. The minimum absolute atomic E-state index is 0.0921. The highest BCUT2D eigenvalue weighted by molar-refractivity contribution is 7.07. The zero-order valence-electron chi connectivity index (χ0n) is 13.9. The molecule has 0 aliphatic heterocycles. The van der Waals surface area contributed by atoms with Crippen LogP contribution in [0.25, 0.3) is 0 Å². The number of aliphatic carboxylic acids is 1. The number of carboxylic acids is 1. The van der Waals surface area contributed by atoms with Gasteiger partial charge in [0.15, 0.2) is 6.10 Å². The Morgan fingerprint density at radius 3 is 2.78 bits per heavy atom. The maximum absolute atomic E-state index is 11.6. The van der Waals surface area contributed by atoms with Crippen molar-refractivity contribution >= 4 is 28.9 Å². The first-order valence-corrected chi connectivity index (χ1v) is 9.20. The molecule has 0 aliphatic rings. The summed E-state index contributed by atoms with van der Waals surface area (Å²) in [5.74, 6) is -0.890. The predicted molar refractivity (Wildman–Crippen MR) is 99.6 cm³/mol. The number of carbonyl (C=O) groups excluding carboxylic acids is 1. The number of ether oxygens (including phenoxy) is 2. The van der Waals surface area contributed by atoms with Crippen molar-refractivity contribution < 1.29 is 19.4 Å². The Hall–Kier alpha value is -3.01. The van der Waals surface area contributed by atoms with Gasteiger partial charge in [0.1, 0.15) is 24.2 Å². The quantitative estimate of drug-likeness (QED) is 0.605. The van der Waals surface area contributed by atoms with Gasteiger partial charge < -0.3 is 19.4 Å². The SMILES string of the molecule is N#Cc1ccc(OCc2ccsc2)cc1OC(C(=O)[O-])c1cccc(Cl)c1. The average molecular weight is 399 g/mol. The van der Waals surface area contributed by atoms with Gasteiger partial charge in [-0.25, -0.2) is 0 Å². The van der Waals surface area contributed by atoms with Crippen molar-refractivity contribution in [3.8, 4) is 17.6 Å². The standard InChI is InChI=1S/C20H14ClNO4S/c21-16-3-1-2-14(8-16)19(20(23)24)26-18-9-17(5-4-15(18)10-22)25-11-13-6-7-27-12-13/h1-9,12,19H,11H2,(H,23,24)/p-1. The summed E-state index contributed by atoms with van der Waals surface area (Å²) in [6.07, 6.45) is -1.41. The van der Waals surface area contributed by atoms with Gasteiger partial charge in [0.2, 0.25) is 0 Å². The first-order chi connectivity index (χ1) is 13.1. The molecule has 0 aliphatic carbocycles. The molecular formula is C20H13ClNO4S-. The van der Waals surface area contributed by atoms with Crippen LogP contribution in [0.2, 0.25) is 5.02 Å². The first-order valence-electron chi connectivity index (χ1n) is 7.88. The second-order valence-electron chi connectivity index (χ2n) is 5.56. The van der Waals surface area contributed by atoms with E-state index in [1.165, 1.54) is 18.2 Å². The lowest BCUT2D eigenvalue weighted by Crippen LogP contribution is -2.33. The predicted octanol–water partition coefficient (Wildman–Crippen LogP) is 3.72. The van der Waals surface area contributed by atoms with E-state index in [1.54, 1.807) is 35.6 Å². The highest BCUT2D eigenvalue weighted by Gasteiger charge is 2.18. The van der Waals surface area contributed by atoms with E-state index in [2.05, 4.69) is 0 Å². The number of nitrogens with zero attached hydrogens (tertiary/aromatic N) is 1. The number of carbonyl (C=O) groups is 1. The van der Waals surface area contributed by atoms with Gasteiger partial charge in [-0.05, 0) is 52.2 Å². The topological polar surface area (TPSA) is 82.4 Å². The zero-order valence-corrected chi connectivity index (χ0v) is 15.5. The molecule has 0 amide bonds. The summed E-state index contributed by atoms with van der Waals surface area (Å²) < 4.78 is 11.3. The van der Waals surface area contributed by atoms with Crippen LogP contribution in [-0.4, -0.2) is 5.97 Å². The van der Waals surface area contributed by atoms with Crippen LogP contribution in [0.1, 0.15) is 22.8 Å². The van der Waals surface area contributed by atoms with Crippen LogP contribution in [0.15, 0.2) is 59.3 Å². The number of nitriles is 1. The Morgan fingerprint density at radius 1 is 1.26 bits per heavy atom. The summed E-state index contributed by atoms with van der Waals surface area (Å²) >= 11 is 7.49. The van der Waals surface area contributed by atoms with Crippen LogP contribution in [0.5, 0.6) is 11.5 Å². The Labute approximate surface area is 165 Å². The van der Waals surface area contributed by atoms with Crippen LogP contribution < -0.4 is 14.6 Å². The lowest BCUT2D eigenvalue weighted by Gasteiger charge is -2.21. The molecule has 0 saturated heterocycles. The van der Waals surface area contributed by atoms with E-state index in [0.717, 1.165) is 5.56 Å². The van der Waals surface area contributed by atoms with E-state index >= 15 is 0 Å². The van der Waals surface area contributed by atoms with E-state index < -0.39 is 12.1 Å². The maximum atomic E-state index is 11.6. The van der Waals surface area contributed by atoms with Crippen LogP contribution in [-0.2, 0) is 11.4 Å². The van der Waals surface area contributed by atoms with Gasteiger partial charge in [-0.3, -0.25) is 0 Å².